The fourth-order valence-electron chi connectivity index (χ4n) is 3.35. The molecule has 0 spiro atoms. The number of ether oxygens (including phenoxy) is 2. The van der Waals surface area contributed by atoms with Crippen molar-refractivity contribution in [3.05, 3.63) is 59.7 Å². The maximum absolute atomic E-state index is 12.3. The Balaban J connectivity index is 1.47. The van der Waals surface area contributed by atoms with Gasteiger partial charge in [-0.1, -0.05) is 30.3 Å². The molecule has 1 fully saturated rings. The van der Waals surface area contributed by atoms with Crippen LogP contribution in [0.5, 0.6) is 11.5 Å². The highest BCUT2D eigenvalue weighted by Crippen LogP contribution is 2.28. The third-order valence-corrected chi connectivity index (χ3v) is 4.82. The molecule has 1 N–H and O–H groups in total. The van der Waals surface area contributed by atoms with Crippen molar-refractivity contribution in [2.24, 2.45) is 0 Å². The summed E-state index contributed by atoms with van der Waals surface area (Å²) in [6, 6.07) is 15.4. The fraction of sp³-hybridized carbons (Fsp3) is 0.364. The number of nitrogens with one attached hydrogen (secondary N) is 1. The van der Waals surface area contributed by atoms with Gasteiger partial charge in [0.1, 0.15) is 0 Å². The van der Waals surface area contributed by atoms with Crippen LogP contribution in [-0.2, 0) is 11.3 Å². The minimum absolute atomic E-state index is 0.0520. The normalized spacial score (nSPS) is 16.6. The molecule has 1 atom stereocenters. The molecule has 2 aromatic rings. The molecule has 6 nitrogen and oxygen atoms in total. The molecule has 1 heterocycles. The van der Waals surface area contributed by atoms with E-state index in [1.807, 2.05) is 18.2 Å². The highest BCUT2D eigenvalue weighted by molar-refractivity contribution is 5.94. The fourth-order valence-corrected chi connectivity index (χ4v) is 3.35. The number of carbonyl (C=O) groups is 2. The van der Waals surface area contributed by atoms with Crippen molar-refractivity contribution in [3.8, 4) is 11.5 Å². The largest absolute Gasteiger partial charge is 0.493 e. The molecular weight excluding hydrogens is 356 g/mol. The van der Waals surface area contributed by atoms with Gasteiger partial charge in [-0.05, 0) is 37.1 Å². The van der Waals surface area contributed by atoms with Gasteiger partial charge in [0.25, 0.3) is 5.91 Å². The van der Waals surface area contributed by atoms with Crippen LogP contribution in [0.15, 0.2) is 48.5 Å². The van der Waals surface area contributed by atoms with E-state index in [1.165, 1.54) is 19.6 Å². The predicted octanol–water partition coefficient (Wildman–Crippen LogP) is 2.67. The van der Waals surface area contributed by atoms with E-state index in [9.17, 15) is 9.59 Å². The van der Waals surface area contributed by atoms with Crippen LogP contribution < -0.4 is 14.8 Å². The van der Waals surface area contributed by atoms with E-state index in [1.54, 1.807) is 18.2 Å². The molecule has 0 aromatic heterocycles. The summed E-state index contributed by atoms with van der Waals surface area (Å²) in [4.78, 5) is 26.1. The van der Waals surface area contributed by atoms with Crippen molar-refractivity contribution < 1.29 is 19.1 Å². The van der Waals surface area contributed by atoms with Crippen molar-refractivity contribution in [2.45, 2.75) is 25.9 Å². The summed E-state index contributed by atoms with van der Waals surface area (Å²) in [7, 11) is 1.51. The van der Waals surface area contributed by atoms with Crippen molar-refractivity contribution >= 4 is 11.7 Å². The molecule has 148 valence electrons. The van der Waals surface area contributed by atoms with Gasteiger partial charge in [-0.25, -0.2) is 0 Å². The Morgan fingerprint density at radius 3 is 2.64 bits per heavy atom. The highest BCUT2D eigenvalue weighted by atomic mass is 16.5. The Morgan fingerprint density at radius 2 is 1.93 bits per heavy atom. The second-order valence-corrected chi connectivity index (χ2v) is 6.98. The minimum Gasteiger partial charge on any atom is -0.493 e. The van der Waals surface area contributed by atoms with E-state index in [0.29, 0.717) is 17.1 Å². The average molecular weight is 382 g/mol. The number of methoxy groups -OCH3 is 1. The third-order valence-electron chi connectivity index (χ3n) is 4.82. The maximum Gasteiger partial charge on any atom is 0.258 e. The number of rotatable bonds is 8. The Morgan fingerprint density at radius 1 is 1.14 bits per heavy atom. The van der Waals surface area contributed by atoms with Crippen molar-refractivity contribution in [1.29, 1.82) is 0 Å². The summed E-state index contributed by atoms with van der Waals surface area (Å²) in [6.45, 7) is 4.08. The SMILES string of the molecule is COc1cc(C(C)=O)ccc1OCC(=O)NC1CCN(Cc2ccccc2)C1. The van der Waals surface area contributed by atoms with Gasteiger partial charge < -0.3 is 14.8 Å². The van der Waals surface area contributed by atoms with Crippen LogP contribution in [0.4, 0.5) is 0 Å². The first-order chi connectivity index (χ1) is 13.5. The number of carbonyl (C=O) groups excluding carboxylic acids is 2. The van der Waals surface area contributed by atoms with Crippen LogP contribution in [0, 0.1) is 0 Å². The van der Waals surface area contributed by atoms with Gasteiger partial charge in [0.15, 0.2) is 23.9 Å². The molecule has 1 aliphatic rings. The van der Waals surface area contributed by atoms with Crippen molar-refractivity contribution in [1.82, 2.24) is 10.2 Å². The lowest BCUT2D eigenvalue weighted by Gasteiger charge is -2.17. The Hall–Kier alpha value is -2.86. The highest BCUT2D eigenvalue weighted by Gasteiger charge is 2.24. The van der Waals surface area contributed by atoms with Crippen LogP contribution in [0.3, 0.4) is 0 Å². The molecule has 2 aromatic carbocycles. The summed E-state index contributed by atoms with van der Waals surface area (Å²) >= 11 is 0. The number of ketones is 1. The molecule has 0 saturated carbocycles. The Bertz CT molecular complexity index is 823. The van der Waals surface area contributed by atoms with Gasteiger partial charge in [0.05, 0.1) is 7.11 Å². The van der Waals surface area contributed by atoms with Crippen LogP contribution in [0.2, 0.25) is 0 Å². The second-order valence-electron chi connectivity index (χ2n) is 6.98. The van der Waals surface area contributed by atoms with E-state index in [4.69, 9.17) is 9.47 Å². The second kappa shape index (κ2) is 9.37. The molecule has 1 amide bonds. The number of Topliss-reactive ketones (excluding diaryl/α,β-unsaturated/α-hetero) is 1. The Kier molecular flexibility index (Phi) is 6.66. The van der Waals surface area contributed by atoms with Crippen molar-refractivity contribution in [2.75, 3.05) is 26.8 Å². The number of hydrogen-bond donors (Lipinski definition) is 1. The Labute approximate surface area is 165 Å². The minimum atomic E-state index is -0.163. The zero-order valence-corrected chi connectivity index (χ0v) is 16.3. The monoisotopic (exact) mass is 382 g/mol. The summed E-state index contributed by atoms with van der Waals surface area (Å²) in [5.41, 5.74) is 1.82. The number of amides is 1. The predicted molar refractivity (Wildman–Crippen MR) is 107 cm³/mol. The lowest BCUT2D eigenvalue weighted by Crippen LogP contribution is -2.39. The first-order valence-corrected chi connectivity index (χ1v) is 9.42. The van der Waals surface area contributed by atoms with E-state index in [2.05, 4.69) is 22.3 Å². The molecule has 0 aliphatic carbocycles. The number of likely N-dealkylation sites (tertiary alicyclic amines) is 1. The van der Waals surface area contributed by atoms with Crippen LogP contribution in [0.1, 0.15) is 29.3 Å². The molecule has 0 bridgehead atoms. The molecule has 1 saturated heterocycles. The first-order valence-electron chi connectivity index (χ1n) is 9.42. The summed E-state index contributed by atoms with van der Waals surface area (Å²) in [5, 5.41) is 3.03. The zero-order chi connectivity index (χ0) is 19.9. The van der Waals surface area contributed by atoms with Crippen LogP contribution in [0.25, 0.3) is 0 Å². The summed E-state index contributed by atoms with van der Waals surface area (Å²) < 4.78 is 10.9. The van der Waals surface area contributed by atoms with Gasteiger partial charge in [-0.3, -0.25) is 14.5 Å². The standard InChI is InChI=1S/C22H26N2O4/c1-16(25)18-8-9-20(21(12-18)27-2)28-15-22(26)23-19-10-11-24(14-19)13-17-6-4-3-5-7-17/h3-9,12,19H,10-11,13-15H2,1-2H3,(H,23,26). The smallest absolute Gasteiger partial charge is 0.258 e. The van der Waals surface area contributed by atoms with E-state index in [-0.39, 0.29) is 24.3 Å². The summed E-state index contributed by atoms with van der Waals surface area (Å²) in [5.74, 6) is 0.670. The van der Waals surface area contributed by atoms with Gasteiger partial charge >= 0.3 is 0 Å². The molecule has 1 aliphatic heterocycles. The molecule has 0 radical (unpaired) electrons. The van der Waals surface area contributed by atoms with E-state index >= 15 is 0 Å². The van der Waals surface area contributed by atoms with E-state index < -0.39 is 0 Å². The molecule has 3 rings (SSSR count). The molecule has 1 unspecified atom stereocenters. The van der Waals surface area contributed by atoms with Gasteiger partial charge in [0.2, 0.25) is 0 Å². The van der Waals surface area contributed by atoms with Crippen LogP contribution >= 0.6 is 0 Å². The topological polar surface area (TPSA) is 67.9 Å². The molecule has 28 heavy (non-hydrogen) atoms. The number of benzene rings is 2. The molecular formula is C22H26N2O4. The zero-order valence-electron chi connectivity index (χ0n) is 16.3. The van der Waals surface area contributed by atoms with Gasteiger partial charge in [-0.15, -0.1) is 0 Å². The number of nitrogens with zero attached hydrogens (tertiary/aromatic N) is 1. The third kappa shape index (κ3) is 5.33. The quantitative estimate of drug-likeness (QED) is 0.711. The summed E-state index contributed by atoms with van der Waals surface area (Å²) in [6.07, 6.45) is 0.926. The van der Waals surface area contributed by atoms with E-state index in [0.717, 1.165) is 26.1 Å². The first kappa shape index (κ1) is 19.9. The van der Waals surface area contributed by atoms with Gasteiger partial charge in [-0.2, -0.15) is 0 Å². The lowest BCUT2D eigenvalue weighted by atomic mass is 10.1. The van der Waals surface area contributed by atoms with Crippen molar-refractivity contribution in [3.63, 3.8) is 0 Å². The molecule has 6 heteroatoms. The number of hydrogen-bond acceptors (Lipinski definition) is 5. The van der Waals surface area contributed by atoms with Crippen LogP contribution in [-0.4, -0.2) is 49.4 Å². The average Bonchev–Trinajstić information content (AvgIpc) is 3.13. The van der Waals surface area contributed by atoms with Gasteiger partial charge in [0, 0.05) is 31.2 Å². The maximum atomic E-state index is 12.3. The lowest BCUT2D eigenvalue weighted by molar-refractivity contribution is -0.123.